The maximum atomic E-state index is 13.6. The van der Waals surface area contributed by atoms with Gasteiger partial charge in [-0.15, -0.1) is 0 Å². The van der Waals surface area contributed by atoms with E-state index in [2.05, 4.69) is 0 Å². The third-order valence-electron chi connectivity index (χ3n) is 5.83. The second-order valence-corrected chi connectivity index (χ2v) is 8.59. The number of halogens is 2. The number of carbonyl (C=O) groups is 2. The predicted octanol–water partition coefficient (Wildman–Crippen LogP) is 4.76. The fraction of sp³-hybridized carbons (Fsp3) is 0.167. The molecule has 2 aliphatic heterocycles. The first-order valence-corrected chi connectivity index (χ1v) is 10.9. The molecule has 3 aromatic carbocycles. The Kier molecular flexibility index (Phi) is 5.40. The van der Waals surface area contributed by atoms with Crippen molar-refractivity contribution in [3.63, 3.8) is 0 Å². The summed E-state index contributed by atoms with van der Waals surface area (Å²) < 4.78 is 5.26. The highest BCUT2D eigenvalue weighted by Crippen LogP contribution is 2.48. The Hall–Kier alpha value is -3.26. The van der Waals surface area contributed by atoms with Crippen molar-refractivity contribution in [3.05, 3.63) is 82.3 Å². The first kappa shape index (κ1) is 21.6. The number of nitrogens with zero attached hydrogens (tertiary/aromatic N) is 2. The van der Waals surface area contributed by atoms with Crippen molar-refractivity contribution < 1.29 is 24.3 Å². The van der Waals surface area contributed by atoms with E-state index in [1.54, 1.807) is 65.7 Å². The van der Waals surface area contributed by atoms with Crippen LogP contribution in [-0.4, -0.2) is 30.1 Å². The molecule has 168 valence electrons. The van der Waals surface area contributed by atoms with Crippen LogP contribution in [0, 0.1) is 5.92 Å². The number of benzene rings is 3. The molecule has 33 heavy (non-hydrogen) atoms. The first-order valence-electron chi connectivity index (χ1n) is 10.1. The van der Waals surface area contributed by atoms with Gasteiger partial charge in [0.1, 0.15) is 5.92 Å². The van der Waals surface area contributed by atoms with E-state index >= 15 is 0 Å². The molecule has 3 aromatic rings. The monoisotopic (exact) mass is 484 g/mol. The summed E-state index contributed by atoms with van der Waals surface area (Å²) >= 11 is 12.0. The number of methoxy groups -OCH3 is 1. The minimum absolute atomic E-state index is 0.0358. The molecule has 3 atom stereocenters. The predicted molar refractivity (Wildman–Crippen MR) is 124 cm³/mol. The lowest BCUT2D eigenvalue weighted by Crippen LogP contribution is -2.37. The van der Waals surface area contributed by atoms with Gasteiger partial charge in [-0.1, -0.05) is 29.3 Å². The summed E-state index contributed by atoms with van der Waals surface area (Å²) in [6, 6.07) is 17.5. The van der Waals surface area contributed by atoms with Crippen molar-refractivity contribution in [2.24, 2.45) is 5.92 Å². The summed E-state index contributed by atoms with van der Waals surface area (Å²) in [5, 5.41) is 12.7. The standard InChI is InChI=1S/C24H18Cl2N2O5/c1-32-19-12-13(2-11-18(19)29)21-20-22(33-28(21)17-9-5-15(26)6-10-17)24(31)27(23(20)30)16-7-3-14(25)4-8-16/h2-12,20-22,29H,1H3/t20-,21-,22-/m0/s1. The van der Waals surface area contributed by atoms with Crippen molar-refractivity contribution in [3.8, 4) is 11.5 Å². The van der Waals surface area contributed by atoms with E-state index in [9.17, 15) is 14.7 Å². The summed E-state index contributed by atoms with van der Waals surface area (Å²) in [5.41, 5.74) is 1.70. The summed E-state index contributed by atoms with van der Waals surface area (Å²) in [4.78, 5) is 34.1. The van der Waals surface area contributed by atoms with E-state index < -0.39 is 24.0 Å². The Balaban J connectivity index is 1.60. The zero-order chi connectivity index (χ0) is 23.3. The molecule has 2 heterocycles. The van der Waals surface area contributed by atoms with Crippen LogP contribution in [0.5, 0.6) is 11.5 Å². The van der Waals surface area contributed by atoms with Crippen molar-refractivity contribution in [1.82, 2.24) is 0 Å². The van der Waals surface area contributed by atoms with E-state index in [-0.39, 0.29) is 17.4 Å². The number of imide groups is 1. The Bertz CT molecular complexity index is 1230. The molecule has 7 nitrogen and oxygen atoms in total. The SMILES string of the molecule is COc1cc([C@H]2[C@@H]3C(=O)N(c4ccc(Cl)cc4)C(=O)[C@H]3ON2c2ccc(Cl)cc2)ccc1O. The molecule has 9 heteroatoms. The molecule has 2 aliphatic rings. The Morgan fingerprint density at radius 3 is 2.09 bits per heavy atom. The summed E-state index contributed by atoms with van der Waals surface area (Å²) in [5.74, 6) is -1.46. The molecule has 0 saturated carbocycles. The number of anilines is 2. The number of hydroxylamine groups is 1. The van der Waals surface area contributed by atoms with Gasteiger partial charge in [-0.2, -0.15) is 0 Å². The topological polar surface area (TPSA) is 79.3 Å². The minimum atomic E-state index is -1.02. The molecule has 2 amide bonds. The van der Waals surface area contributed by atoms with E-state index in [1.807, 2.05) is 0 Å². The normalized spacial score (nSPS) is 22.1. The van der Waals surface area contributed by atoms with E-state index in [0.29, 0.717) is 27.0 Å². The van der Waals surface area contributed by atoms with Crippen LogP contribution in [0.3, 0.4) is 0 Å². The number of fused-ring (bicyclic) bond motifs is 1. The minimum Gasteiger partial charge on any atom is -0.504 e. The molecule has 0 bridgehead atoms. The van der Waals surface area contributed by atoms with Gasteiger partial charge in [0.25, 0.3) is 5.91 Å². The van der Waals surface area contributed by atoms with Crippen LogP contribution < -0.4 is 14.7 Å². The van der Waals surface area contributed by atoms with Crippen LogP contribution >= 0.6 is 23.2 Å². The zero-order valence-corrected chi connectivity index (χ0v) is 18.8. The molecule has 0 spiro atoms. The third-order valence-corrected chi connectivity index (χ3v) is 6.33. The van der Waals surface area contributed by atoms with E-state index in [4.69, 9.17) is 32.8 Å². The first-order chi connectivity index (χ1) is 15.9. The number of ether oxygens (including phenoxy) is 1. The highest BCUT2D eigenvalue weighted by atomic mass is 35.5. The van der Waals surface area contributed by atoms with Gasteiger partial charge in [-0.05, 0) is 66.2 Å². The Morgan fingerprint density at radius 2 is 1.48 bits per heavy atom. The summed E-state index contributed by atoms with van der Waals surface area (Å²) in [6.07, 6.45) is -1.02. The van der Waals surface area contributed by atoms with Crippen LogP contribution in [0.25, 0.3) is 0 Å². The largest absolute Gasteiger partial charge is 0.504 e. The number of hydrogen-bond donors (Lipinski definition) is 1. The van der Waals surface area contributed by atoms with Crippen LogP contribution in [-0.2, 0) is 14.4 Å². The van der Waals surface area contributed by atoms with Gasteiger partial charge in [0, 0.05) is 10.0 Å². The number of carbonyl (C=O) groups excluding carboxylic acids is 2. The quantitative estimate of drug-likeness (QED) is 0.537. The molecular formula is C24H18Cl2N2O5. The van der Waals surface area contributed by atoms with Gasteiger partial charge >= 0.3 is 0 Å². The van der Waals surface area contributed by atoms with E-state index in [1.165, 1.54) is 13.2 Å². The van der Waals surface area contributed by atoms with Crippen LogP contribution in [0.2, 0.25) is 10.0 Å². The lowest BCUT2D eigenvalue weighted by Gasteiger charge is -2.29. The average Bonchev–Trinajstić information content (AvgIpc) is 3.32. The Labute approximate surface area is 199 Å². The summed E-state index contributed by atoms with van der Waals surface area (Å²) in [6.45, 7) is 0. The number of phenols is 1. The Morgan fingerprint density at radius 1 is 0.879 bits per heavy atom. The zero-order valence-electron chi connectivity index (χ0n) is 17.3. The fourth-order valence-electron chi connectivity index (χ4n) is 4.29. The lowest BCUT2D eigenvalue weighted by molar-refractivity contribution is -0.126. The molecule has 2 saturated heterocycles. The van der Waals surface area contributed by atoms with Gasteiger partial charge in [0.15, 0.2) is 17.6 Å². The molecule has 0 aromatic heterocycles. The molecule has 1 N–H and O–H groups in total. The van der Waals surface area contributed by atoms with Crippen molar-refractivity contribution in [2.45, 2.75) is 12.1 Å². The molecular weight excluding hydrogens is 467 g/mol. The molecule has 0 unspecified atom stereocenters. The maximum Gasteiger partial charge on any atom is 0.266 e. The van der Waals surface area contributed by atoms with Gasteiger partial charge in [0.2, 0.25) is 5.91 Å². The van der Waals surface area contributed by atoms with Crippen LogP contribution in [0.4, 0.5) is 11.4 Å². The number of phenolic OH excluding ortho intramolecular Hbond substituents is 1. The third kappa shape index (κ3) is 3.58. The highest BCUT2D eigenvalue weighted by Gasteiger charge is 2.60. The molecule has 5 rings (SSSR count). The summed E-state index contributed by atoms with van der Waals surface area (Å²) in [7, 11) is 1.44. The van der Waals surface area contributed by atoms with Crippen molar-refractivity contribution in [2.75, 3.05) is 17.1 Å². The second kappa shape index (κ2) is 8.26. The van der Waals surface area contributed by atoms with Gasteiger partial charge in [-0.3, -0.25) is 14.4 Å². The van der Waals surface area contributed by atoms with Crippen LogP contribution in [0.15, 0.2) is 66.7 Å². The van der Waals surface area contributed by atoms with E-state index in [0.717, 1.165) is 4.90 Å². The highest BCUT2D eigenvalue weighted by molar-refractivity contribution is 6.31. The smallest absolute Gasteiger partial charge is 0.266 e. The molecule has 2 fully saturated rings. The number of amides is 2. The van der Waals surface area contributed by atoms with Crippen molar-refractivity contribution >= 4 is 46.4 Å². The van der Waals surface area contributed by atoms with Crippen LogP contribution in [0.1, 0.15) is 11.6 Å². The average molecular weight is 485 g/mol. The fourth-order valence-corrected chi connectivity index (χ4v) is 4.54. The molecule has 0 aliphatic carbocycles. The second-order valence-electron chi connectivity index (χ2n) is 7.72. The van der Waals surface area contributed by atoms with Crippen molar-refractivity contribution in [1.29, 1.82) is 0 Å². The number of rotatable bonds is 4. The molecule has 0 radical (unpaired) electrons. The lowest BCUT2D eigenvalue weighted by atomic mass is 9.90. The van der Waals surface area contributed by atoms with Gasteiger partial charge in [0.05, 0.1) is 24.5 Å². The number of aromatic hydroxyl groups is 1. The van der Waals surface area contributed by atoms with Gasteiger partial charge in [-0.25, -0.2) is 9.96 Å². The maximum absolute atomic E-state index is 13.6. The van der Waals surface area contributed by atoms with Gasteiger partial charge < -0.3 is 9.84 Å². The number of hydrogen-bond acceptors (Lipinski definition) is 6.